The predicted molar refractivity (Wildman–Crippen MR) is 119 cm³/mol. The molecule has 7 nitrogen and oxygen atoms in total. The van der Waals surface area contributed by atoms with Crippen LogP contribution >= 0.6 is 11.8 Å². The molecule has 4 rings (SSSR count). The lowest BCUT2D eigenvalue weighted by Gasteiger charge is -2.25. The number of methoxy groups -OCH3 is 2. The van der Waals surface area contributed by atoms with Crippen molar-refractivity contribution in [2.75, 3.05) is 30.6 Å². The molecule has 2 aliphatic heterocycles. The zero-order valence-corrected chi connectivity index (χ0v) is 19.1. The number of anilines is 1. The number of amidine groups is 1. The maximum absolute atomic E-state index is 13.3. The Morgan fingerprint density at radius 2 is 1.82 bits per heavy atom. The van der Waals surface area contributed by atoms with E-state index >= 15 is 0 Å². The van der Waals surface area contributed by atoms with Crippen molar-refractivity contribution in [3.63, 3.8) is 0 Å². The summed E-state index contributed by atoms with van der Waals surface area (Å²) in [6.07, 6.45) is -4.57. The van der Waals surface area contributed by atoms with Gasteiger partial charge in [-0.25, -0.2) is 8.42 Å². The first-order valence-electron chi connectivity index (χ1n) is 9.71. The lowest BCUT2D eigenvalue weighted by molar-refractivity contribution is -0.137. The summed E-state index contributed by atoms with van der Waals surface area (Å²) in [6, 6.07) is 8.41. The summed E-state index contributed by atoms with van der Waals surface area (Å²) >= 11 is 1.08. The highest BCUT2D eigenvalue weighted by Gasteiger charge is 2.49. The van der Waals surface area contributed by atoms with E-state index in [0.29, 0.717) is 11.5 Å². The number of alkyl halides is 3. The molecular weight excluding hydrogens is 481 g/mol. The minimum absolute atomic E-state index is 0.126. The number of nitrogens with zero attached hydrogens (tertiary/aromatic N) is 2. The lowest BCUT2D eigenvalue weighted by atomic mass is 10.1. The highest BCUT2D eigenvalue weighted by molar-refractivity contribution is 8.16. The van der Waals surface area contributed by atoms with Crippen LogP contribution in [0.4, 0.5) is 18.9 Å². The second-order valence-corrected chi connectivity index (χ2v) is 10.8. The Labute approximate surface area is 192 Å². The van der Waals surface area contributed by atoms with Gasteiger partial charge in [0.2, 0.25) is 0 Å². The summed E-state index contributed by atoms with van der Waals surface area (Å²) in [6.45, 7) is 0. The Bertz CT molecular complexity index is 1230. The van der Waals surface area contributed by atoms with E-state index in [0.717, 1.165) is 23.9 Å². The van der Waals surface area contributed by atoms with Gasteiger partial charge in [0.25, 0.3) is 5.91 Å². The van der Waals surface area contributed by atoms with Crippen LogP contribution in [0.3, 0.4) is 0 Å². The molecule has 0 spiro atoms. The monoisotopic (exact) mass is 500 g/mol. The molecule has 0 saturated carbocycles. The van der Waals surface area contributed by atoms with Gasteiger partial charge in [-0.1, -0.05) is 17.8 Å². The highest BCUT2D eigenvalue weighted by atomic mass is 32.2. The standard InChI is InChI=1S/C21H19F3N2O5S2/c1-30-16-7-6-12(8-17(16)31-2)19(27)25-20-26(15-10-33(28,29)11-18(15)32-20)14-5-3-4-13(9-14)21(22,23)24/h3-9,15,18H,10-11H2,1-2H3. The fraction of sp³-hybridized carbons (Fsp3) is 0.333. The molecule has 33 heavy (non-hydrogen) atoms. The molecule has 0 N–H and O–H groups in total. The van der Waals surface area contributed by atoms with Gasteiger partial charge < -0.3 is 14.4 Å². The summed E-state index contributed by atoms with van der Waals surface area (Å²) in [5.41, 5.74) is -0.560. The van der Waals surface area contributed by atoms with Crippen LogP contribution in [0.5, 0.6) is 11.5 Å². The van der Waals surface area contributed by atoms with Crippen molar-refractivity contribution >= 4 is 38.4 Å². The van der Waals surface area contributed by atoms with E-state index in [2.05, 4.69) is 4.99 Å². The number of thioether (sulfide) groups is 1. The number of benzene rings is 2. The quantitative estimate of drug-likeness (QED) is 0.634. The van der Waals surface area contributed by atoms with Crippen LogP contribution in [0.2, 0.25) is 0 Å². The van der Waals surface area contributed by atoms with E-state index in [-0.39, 0.29) is 27.9 Å². The molecule has 12 heteroatoms. The first-order chi connectivity index (χ1) is 15.5. The molecule has 2 heterocycles. The van der Waals surface area contributed by atoms with E-state index in [1.54, 1.807) is 6.07 Å². The summed E-state index contributed by atoms with van der Waals surface area (Å²) in [4.78, 5) is 18.5. The average Bonchev–Trinajstić information content (AvgIpc) is 3.23. The maximum Gasteiger partial charge on any atom is 0.416 e. The topological polar surface area (TPSA) is 85.3 Å². The van der Waals surface area contributed by atoms with Crippen molar-refractivity contribution in [1.82, 2.24) is 0 Å². The van der Waals surface area contributed by atoms with Gasteiger partial charge in [0.05, 0.1) is 37.3 Å². The smallest absolute Gasteiger partial charge is 0.416 e. The van der Waals surface area contributed by atoms with Gasteiger partial charge in [0.1, 0.15) is 0 Å². The minimum Gasteiger partial charge on any atom is -0.493 e. The molecule has 2 aliphatic rings. The molecule has 176 valence electrons. The number of ether oxygens (including phenoxy) is 2. The molecule has 1 amide bonds. The molecule has 0 bridgehead atoms. The summed E-state index contributed by atoms with van der Waals surface area (Å²) < 4.78 is 74.6. The number of hydrogen-bond acceptors (Lipinski definition) is 6. The number of aliphatic imine (C=N–C) groups is 1. The first-order valence-corrected chi connectivity index (χ1v) is 12.4. The number of halogens is 3. The average molecular weight is 501 g/mol. The molecule has 2 unspecified atom stereocenters. The van der Waals surface area contributed by atoms with Crippen molar-refractivity contribution in [3.8, 4) is 11.5 Å². The third-order valence-electron chi connectivity index (χ3n) is 5.35. The molecule has 0 aliphatic carbocycles. The van der Waals surface area contributed by atoms with E-state index in [9.17, 15) is 26.4 Å². The zero-order chi connectivity index (χ0) is 24.0. The molecule has 2 atom stereocenters. The Morgan fingerprint density at radius 3 is 2.48 bits per heavy atom. The maximum atomic E-state index is 13.3. The number of hydrogen-bond donors (Lipinski definition) is 0. The lowest BCUT2D eigenvalue weighted by Crippen LogP contribution is -2.37. The van der Waals surface area contributed by atoms with Gasteiger partial charge in [-0.15, -0.1) is 0 Å². The fourth-order valence-electron chi connectivity index (χ4n) is 3.82. The fourth-order valence-corrected chi connectivity index (χ4v) is 7.73. The SMILES string of the molecule is COc1ccc(C(=O)N=C2SC3CS(=O)(=O)CC3N2c2cccc(C(F)(F)F)c2)cc1OC. The number of sulfone groups is 1. The second kappa shape index (κ2) is 8.56. The van der Waals surface area contributed by atoms with Gasteiger partial charge >= 0.3 is 6.18 Å². The van der Waals surface area contributed by atoms with Crippen molar-refractivity contribution in [2.24, 2.45) is 4.99 Å². The molecule has 2 aromatic rings. The van der Waals surface area contributed by atoms with Gasteiger partial charge in [-0.3, -0.25) is 4.79 Å². The Hall–Kier alpha value is -2.73. The first kappa shape index (κ1) is 23.4. The van der Waals surface area contributed by atoms with Gasteiger partial charge in [0.15, 0.2) is 26.5 Å². The van der Waals surface area contributed by atoms with Crippen molar-refractivity contribution in [2.45, 2.75) is 17.5 Å². The van der Waals surface area contributed by atoms with Crippen LogP contribution in [0.15, 0.2) is 47.5 Å². The van der Waals surface area contributed by atoms with Crippen LogP contribution in [0, 0.1) is 0 Å². The van der Waals surface area contributed by atoms with Crippen LogP contribution in [-0.4, -0.2) is 56.5 Å². The van der Waals surface area contributed by atoms with Crippen molar-refractivity contribution < 1.29 is 35.9 Å². The Morgan fingerprint density at radius 1 is 1.09 bits per heavy atom. The summed E-state index contributed by atoms with van der Waals surface area (Å²) in [5.74, 6) is -0.271. The number of carbonyl (C=O) groups is 1. The van der Waals surface area contributed by atoms with Crippen molar-refractivity contribution in [3.05, 3.63) is 53.6 Å². The molecule has 0 aromatic heterocycles. The number of fused-ring (bicyclic) bond motifs is 1. The van der Waals surface area contributed by atoms with Crippen molar-refractivity contribution in [1.29, 1.82) is 0 Å². The molecular formula is C21H19F3N2O5S2. The van der Waals surface area contributed by atoms with Gasteiger partial charge in [-0.05, 0) is 36.4 Å². The molecule has 2 saturated heterocycles. The van der Waals surface area contributed by atoms with E-state index in [1.165, 1.54) is 43.4 Å². The number of carbonyl (C=O) groups excluding carboxylic acids is 1. The largest absolute Gasteiger partial charge is 0.493 e. The Balaban J connectivity index is 1.74. The molecule has 2 fully saturated rings. The van der Waals surface area contributed by atoms with E-state index in [1.807, 2.05) is 0 Å². The summed E-state index contributed by atoms with van der Waals surface area (Å²) in [7, 11) is -0.489. The Kier molecular flexibility index (Phi) is 6.08. The zero-order valence-electron chi connectivity index (χ0n) is 17.5. The van der Waals surface area contributed by atoms with Crippen LogP contribution in [0.1, 0.15) is 15.9 Å². The van der Waals surface area contributed by atoms with Crippen LogP contribution in [-0.2, 0) is 16.0 Å². The van der Waals surface area contributed by atoms with Crippen LogP contribution < -0.4 is 14.4 Å². The van der Waals surface area contributed by atoms with E-state index in [4.69, 9.17) is 9.47 Å². The van der Waals surface area contributed by atoms with E-state index < -0.39 is 38.8 Å². The second-order valence-electron chi connectivity index (χ2n) is 7.49. The third kappa shape index (κ3) is 4.67. The van der Waals surface area contributed by atoms with Crippen LogP contribution in [0.25, 0.3) is 0 Å². The normalized spacial score (nSPS) is 22.9. The molecule has 2 aromatic carbocycles. The summed E-state index contributed by atoms with van der Waals surface area (Å²) in [5, 5.41) is -0.291. The minimum atomic E-state index is -4.57. The molecule has 0 radical (unpaired) electrons. The third-order valence-corrected chi connectivity index (χ3v) is 8.56. The number of rotatable bonds is 4. The van der Waals surface area contributed by atoms with Gasteiger partial charge in [0, 0.05) is 16.5 Å². The highest BCUT2D eigenvalue weighted by Crippen LogP contribution is 2.42. The predicted octanol–water partition coefficient (Wildman–Crippen LogP) is 3.64. The van der Waals surface area contributed by atoms with Gasteiger partial charge in [-0.2, -0.15) is 18.2 Å². The number of amides is 1.